The first-order valence-corrected chi connectivity index (χ1v) is 12.0. The first-order valence-electron chi connectivity index (χ1n) is 12.0. The molecule has 0 unspecified atom stereocenters. The summed E-state index contributed by atoms with van der Waals surface area (Å²) in [5.74, 6) is -0.249. The summed E-state index contributed by atoms with van der Waals surface area (Å²) in [4.78, 5) is 24.6. The Labute approximate surface area is 203 Å². The third kappa shape index (κ3) is 4.83. The summed E-state index contributed by atoms with van der Waals surface area (Å²) < 4.78 is 25.8. The van der Waals surface area contributed by atoms with Crippen LogP contribution in [0.25, 0.3) is 11.3 Å². The van der Waals surface area contributed by atoms with Crippen LogP contribution in [0.3, 0.4) is 0 Å². The second kappa shape index (κ2) is 9.60. The summed E-state index contributed by atoms with van der Waals surface area (Å²) in [6, 6.07) is 7.66. The molecular formula is C27H28FN3O4. The van der Waals surface area contributed by atoms with Crippen molar-refractivity contribution in [3.05, 3.63) is 65.5 Å². The van der Waals surface area contributed by atoms with Crippen molar-refractivity contribution in [2.45, 2.75) is 51.0 Å². The molecule has 0 saturated heterocycles. The number of aromatic nitrogens is 3. The van der Waals surface area contributed by atoms with Crippen molar-refractivity contribution < 1.29 is 23.8 Å². The molecule has 182 valence electrons. The lowest BCUT2D eigenvalue weighted by atomic mass is 9.82. The molecule has 1 saturated carbocycles. The molecule has 35 heavy (non-hydrogen) atoms. The molecule has 1 fully saturated rings. The van der Waals surface area contributed by atoms with E-state index in [1.54, 1.807) is 13.1 Å². The molecule has 0 amide bonds. The van der Waals surface area contributed by atoms with Gasteiger partial charge in [-0.25, -0.2) is 9.37 Å². The second-order valence-electron chi connectivity index (χ2n) is 9.39. The summed E-state index contributed by atoms with van der Waals surface area (Å²) in [5.41, 5.74) is 3.46. The summed E-state index contributed by atoms with van der Waals surface area (Å²) >= 11 is 0. The van der Waals surface area contributed by atoms with E-state index in [4.69, 9.17) is 9.47 Å². The zero-order chi connectivity index (χ0) is 24.5. The number of halogens is 1. The van der Waals surface area contributed by atoms with Crippen molar-refractivity contribution in [1.82, 2.24) is 15.0 Å². The standard InChI is InChI=1S/C27H28FN3O4/c1-15(27(32)33)26(17-7-8-17)18-9-6-16-4-3-5-23(35-24(16)10-18)22-14-29-21(13-30-22)19-11-25(34-2)31-12-20(19)28/h6,9-15,17,23,26H,3-5,7-8H2,1-2H3,(H,32,33)/t15-,23+,26-/m0/s1. The molecule has 7 nitrogen and oxygen atoms in total. The van der Waals surface area contributed by atoms with E-state index in [-0.39, 0.29) is 17.6 Å². The van der Waals surface area contributed by atoms with Crippen LogP contribution in [0.4, 0.5) is 4.39 Å². The molecule has 0 radical (unpaired) electrons. The summed E-state index contributed by atoms with van der Waals surface area (Å²) in [7, 11) is 1.47. The first kappa shape index (κ1) is 23.2. The van der Waals surface area contributed by atoms with Crippen molar-refractivity contribution in [2.75, 3.05) is 7.11 Å². The molecular weight excluding hydrogens is 449 g/mol. The van der Waals surface area contributed by atoms with Gasteiger partial charge < -0.3 is 14.6 Å². The van der Waals surface area contributed by atoms with Crippen LogP contribution < -0.4 is 9.47 Å². The molecule has 2 aromatic heterocycles. The molecule has 1 aliphatic carbocycles. The van der Waals surface area contributed by atoms with Gasteiger partial charge in [0.25, 0.3) is 0 Å². The van der Waals surface area contributed by atoms with Gasteiger partial charge in [-0.3, -0.25) is 14.8 Å². The highest BCUT2D eigenvalue weighted by Gasteiger charge is 2.39. The summed E-state index contributed by atoms with van der Waals surface area (Å²) in [5, 5.41) is 9.64. The zero-order valence-corrected chi connectivity index (χ0v) is 19.8. The smallest absolute Gasteiger partial charge is 0.306 e. The van der Waals surface area contributed by atoms with Gasteiger partial charge in [0, 0.05) is 11.6 Å². The molecule has 0 bridgehead atoms. The maximum atomic E-state index is 14.3. The lowest BCUT2D eigenvalue weighted by Gasteiger charge is -2.23. The number of nitrogens with zero attached hydrogens (tertiary/aromatic N) is 3. The normalized spacial score (nSPS) is 19.1. The molecule has 1 N–H and O–H groups in total. The van der Waals surface area contributed by atoms with Crippen LogP contribution in [-0.4, -0.2) is 33.1 Å². The van der Waals surface area contributed by atoms with Crippen LogP contribution in [-0.2, 0) is 11.2 Å². The fraction of sp³-hybridized carbons (Fsp3) is 0.407. The van der Waals surface area contributed by atoms with E-state index < -0.39 is 17.7 Å². The number of rotatable bonds is 7. The molecule has 0 spiro atoms. The predicted octanol–water partition coefficient (Wildman–Crippen LogP) is 5.36. The van der Waals surface area contributed by atoms with E-state index >= 15 is 0 Å². The third-order valence-electron chi connectivity index (χ3n) is 7.03. The molecule has 3 aromatic rings. The van der Waals surface area contributed by atoms with Crippen molar-refractivity contribution >= 4 is 5.97 Å². The molecule has 1 aromatic carbocycles. The number of pyridine rings is 1. The number of hydrogen-bond donors (Lipinski definition) is 1. The number of hydrogen-bond acceptors (Lipinski definition) is 6. The monoisotopic (exact) mass is 477 g/mol. The lowest BCUT2D eigenvalue weighted by molar-refractivity contribution is -0.142. The van der Waals surface area contributed by atoms with Gasteiger partial charge in [-0.2, -0.15) is 0 Å². The SMILES string of the molecule is COc1cc(-c2cnc([C@H]3CCCc4ccc([C@H](C5CC5)[C@H](C)C(=O)O)cc4O3)cn2)c(F)cn1. The van der Waals surface area contributed by atoms with E-state index in [0.29, 0.717) is 23.2 Å². The van der Waals surface area contributed by atoms with Gasteiger partial charge in [0.1, 0.15) is 11.9 Å². The van der Waals surface area contributed by atoms with Crippen LogP contribution in [0.2, 0.25) is 0 Å². The van der Waals surface area contributed by atoms with Crippen LogP contribution in [0.15, 0.2) is 42.9 Å². The van der Waals surface area contributed by atoms with Crippen LogP contribution in [0, 0.1) is 17.7 Å². The van der Waals surface area contributed by atoms with Crippen LogP contribution in [0.1, 0.15) is 61.4 Å². The Morgan fingerprint density at radius 3 is 2.66 bits per heavy atom. The van der Waals surface area contributed by atoms with E-state index in [9.17, 15) is 14.3 Å². The van der Waals surface area contributed by atoms with E-state index in [1.807, 2.05) is 6.07 Å². The fourth-order valence-electron chi connectivity index (χ4n) is 4.94. The van der Waals surface area contributed by atoms with Crippen molar-refractivity contribution in [3.63, 3.8) is 0 Å². The number of fused-ring (bicyclic) bond motifs is 1. The van der Waals surface area contributed by atoms with Gasteiger partial charge in [0.2, 0.25) is 5.88 Å². The number of benzene rings is 1. The quantitative estimate of drug-likeness (QED) is 0.490. The number of aliphatic carboxylic acids is 1. The van der Waals surface area contributed by atoms with Gasteiger partial charge in [-0.15, -0.1) is 0 Å². The number of carbonyl (C=O) groups is 1. The predicted molar refractivity (Wildman–Crippen MR) is 127 cm³/mol. The Morgan fingerprint density at radius 2 is 1.97 bits per heavy atom. The fourth-order valence-corrected chi connectivity index (χ4v) is 4.94. The Balaban J connectivity index is 1.40. The molecule has 2 aliphatic rings. The number of carboxylic acids is 1. The van der Waals surface area contributed by atoms with Crippen molar-refractivity contribution in [2.24, 2.45) is 11.8 Å². The van der Waals surface area contributed by atoms with Crippen LogP contribution in [0.5, 0.6) is 11.6 Å². The average Bonchev–Trinajstić information content (AvgIpc) is 3.71. The van der Waals surface area contributed by atoms with Gasteiger partial charge in [0.15, 0.2) is 5.82 Å². The Kier molecular flexibility index (Phi) is 6.36. The third-order valence-corrected chi connectivity index (χ3v) is 7.03. The maximum Gasteiger partial charge on any atom is 0.306 e. The lowest BCUT2D eigenvalue weighted by Crippen LogP contribution is -2.20. The van der Waals surface area contributed by atoms with Gasteiger partial charge in [-0.1, -0.05) is 19.1 Å². The number of aryl methyl sites for hydroxylation is 1. The van der Waals surface area contributed by atoms with Gasteiger partial charge in [-0.05, 0) is 61.1 Å². The number of methoxy groups -OCH3 is 1. The minimum absolute atomic E-state index is 0.0190. The molecule has 5 rings (SSSR count). The Hall–Kier alpha value is -3.55. The maximum absolute atomic E-state index is 14.3. The van der Waals surface area contributed by atoms with Crippen LogP contribution >= 0.6 is 0 Å². The molecule has 3 atom stereocenters. The molecule has 8 heteroatoms. The largest absolute Gasteiger partial charge is 0.484 e. The van der Waals surface area contributed by atoms with Crippen molar-refractivity contribution in [1.29, 1.82) is 0 Å². The second-order valence-corrected chi connectivity index (χ2v) is 9.39. The summed E-state index contributed by atoms with van der Waals surface area (Å²) in [6.45, 7) is 1.79. The highest BCUT2D eigenvalue weighted by Crippen LogP contribution is 2.48. The number of ether oxygens (including phenoxy) is 2. The first-order chi connectivity index (χ1) is 16.9. The van der Waals surface area contributed by atoms with E-state index in [0.717, 1.165) is 55.2 Å². The minimum atomic E-state index is -0.769. The highest BCUT2D eigenvalue weighted by molar-refractivity contribution is 5.71. The molecule has 3 heterocycles. The highest BCUT2D eigenvalue weighted by atomic mass is 19.1. The van der Waals surface area contributed by atoms with Crippen molar-refractivity contribution in [3.8, 4) is 22.9 Å². The zero-order valence-electron chi connectivity index (χ0n) is 19.8. The van der Waals surface area contributed by atoms with E-state index in [1.165, 1.54) is 19.4 Å². The van der Waals surface area contributed by atoms with Gasteiger partial charge in [0.05, 0.1) is 43.0 Å². The summed E-state index contributed by atoms with van der Waals surface area (Å²) in [6.07, 6.45) is 8.68. The minimum Gasteiger partial charge on any atom is -0.484 e. The van der Waals surface area contributed by atoms with E-state index in [2.05, 4.69) is 27.1 Å². The number of carboxylic acid groups (broad SMARTS) is 1. The Bertz CT molecular complexity index is 1230. The molecule has 1 aliphatic heterocycles. The Morgan fingerprint density at radius 1 is 1.14 bits per heavy atom. The average molecular weight is 478 g/mol. The topological polar surface area (TPSA) is 94.4 Å². The van der Waals surface area contributed by atoms with Gasteiger partial charge >= 0.3 is 5.97 Å².